The van der Waals surface area contributed by atoms with Crippen molar-refractivity contribution in [3.05, 3.63) is 69.5 Å². The van der Waals surface area contributed by atoms with Gasteiger partial charge in [-0.2, -0.15) is 5.26 Å². The first-order chi connectivity index (χ1) is 16.0. The molecule has 0 atom stereocenters. The van der Waals surface area contributed by atoms with E-state index in [1.165, 1.54) is 16.7 Å². The Labute approximate surface area is 191 Å². The summed E-state index contributed by atoms with van der Waals surface area (Å²) in [5.74, 6) is 0.755. The van der Waals surface area contributed by atoms with Gasteiger partial charge in [0.1, 0.15) is 23.5 Å². The molecule has 3 heterocycles. The molecule has 1 aromatic carbocycles. The molecule has 2 N–H and O–H groups in total. The van der Waals surface area contributed by atoms with Crippen LogP contribution in [-0.2, 0) is 0 Å². The zero-order valence-electron chi connectivity index (χ0n) is 18.5. The molecule has 3 aromatic rings. The lowest BCUT2D eigenvalue weighted by atomic mass is 10.1. The average molecular weight is 445 g/mol. The van der Waals surface area contributed by atoms with Gasteiger partial charge in [-0.3, -0.25) is 14.3 Å². The highest BCUT2D eigenvalue weighted by atomic mass is 19.1. The van der Waals surface area contributed by atoms with Crippen LogP contribution < -0.4 is 16.2 Å². The second-order valence-electron chi connectivity index (χ2n) is 8.87. The van der Waals surface area contributed by atoms with Gasteiger partial charge in [0.2, 0.25) is 0 Å². The molecule has 8 heteroatoms. The maximum Gasteiger partial charge on any atom is 0.263 e. The summed E-state index contributed by atoms with van der Waals surface area (Å²) in [5.41, 5.74) is 8.31. The molecule has 0 spiro atoms. The van der Waals surface area contributed by atoms with E-state index in [4.69, 9.17) is 16.0 Å². The third-order valence-corrected chi connectivity index (χ3v) is 6.49. The highest BCUT2D eigenvalue weighted by molar-refractivity contribution is 5.64. The van der Waals surface area contributed by atoms with E-state index in [0.29, 0.717) is 47.5 Å². The van der Waals surface area contributed by atoms with Crippen LogP contribution in [0.3, 0.4) is 0 Å². The smallest absolute Gasteiger partial charge is 0.263 e. The zero-order chi connectivity index (χ0) is 23.1. The van der Waals surface area contributed by atoms with E-state index >= 15 is 0 Å². The molecule has 1 aliphatic carbocycles. The average Bonchev–Trinajstić information content (AvgIpc) is 3.67. The zero-order valence-corrected chi connectivity index (χ0v) is 18.5. The van der Waals surface area contributed by atoms with Crippen LogP contribution in [0.25, 0.3) is 17.1 Å². The fraction of sp³-hybridized carbons (Fsp3) is 0.360. The van der Waals surface area contributed by atoms with E-state index in [9.17, 15) is 9.18 Å². The maximum atomic E-state index is 14.5. The molecule has 2 aromatic heterocycles. The number of pyridine rings is 1. The van der Waals surface area contributed by atoms with Gasteiger partial charge in [0.05, 0.1) is 23.0 Å². The van der Waals surface area contributed by atoms with Gasteiger partial charge in [-0.15, -0.1) is 0 Å². The Morgan fingerprint density at radius 1 is 1.15 bits per heavy atom. The third-order valence-electron chi connectivity index (χ3n) is 6.49. The van der Waals surface area contributed by atoms with Crippen molar-refractivity contribution in [2.75, 3.05) is 18.0 Å². The number of piperidine rings is 1. The minimum atomic E-state index is -0.649. The fourth-order valence-electron chi connectivity index (χ4n) is 4.34. The lowest BCUT2D eigenvalue weighted by Gasteiger charge is -2.32. The molecule has 2 aliphatic rings. The molecule has 1 saturated heterocycles. The van der Waals surface area contributed by atoms with Gasteiger partial charge in [-0.05, 0) is 62.9 Å². The number of nitrogens with zero attached hydrogens (tertiary/aromatic N) is 5. The van der Waals surface area contributed by atoms with E-state index in [-0.39, 0.29) is 17.2 Å². The number of nitrogens with two attached hydrogens (primary N) is 1. The van der Waals surface area contributed by atoms with Gasteiger partial charge in [0.25, 0.3) is 5.56 Å². The predicted molar refractivity (Wildman–Crippen MR) is 124 cm³/mol. The second-order valence-corrected chi connectivity index (χ2v) is 8.87. The van der Waals surface area contributed by atoms with Crippen LogP contribution in [-0.4, -0.2) is 33.7 Å². The Morgan fingerprint density at radius 3 is 2.52 bits per heavy atom. The van der Waals surface area contributed by atoms with E-state index in [0.717, 1.165) is 31.4 Å². The van der Waals surface area contributed by atoms with Gasteiger partial charge < -0.3 is 10.6 Å². The molecule has 1 saturated carbocycles. The van der Waals surface area contributed by atoms with Crippen LogP contribution in [0.5, 0.6) is 0 Å². The molecule has 2 fully saturated rings. The Hall–Kier alpha value is -3.57. The Balaban J connectivity index is 1.68. The van der Waals surface area contributed by atoms with E-state index in [1.54, 1.807) is 19.2 Å². The summed E-state index contributed by atoms with van der Waals surface area (Å²) in [6, 6.07) is 10.1. The summed E-state index contributed by atoms with van der Waals surface area (Å²) < 4.78 is 16.0. The van der Waals surface area contributed by atoms with Crippen molar-refractivity contribution in [2.24, 2.45) is 5.73 Å². The van der Waals surface area contributed by atoms with Crippen LogP contribution >= 0.6 is 0 Å². The van der Waals surface area contributed by atoms with Crippen molar-refractivity contribution in [3.8, 4) is 23.1 Å². The molecule has 0 radical (unpaired) electrons. The van der Waals surface area contributed by atoms with Crippen molar-refractivity contribution in [2.45, 2.75) is 44.6 Å². The summed E-state index contributed by atoms with van der Waals surface area (Å²) in [5, 5.41) is 9.12. The largest absolute Gasteiger partial charge is 0.356 e. The molecular formula is C25H25FN6O. The van der Waals surface area contributed by atoms with Crippen LogP contribution in [0.2, 0.25) is 0 Å². The molecule has 1 aliphatic heterocycles. The number of nitriles is 1. The van der Waals surface area contributed by atoms with Crippen LogP contribution in [0.4, 0.5) is 10.2 Å². The quantitative estimate of drug-likeness (QED) is 0.662. The van der Waals surface area contributed by atoms with E-state index < -0.39 is 5.82 Å². The Morgan fingerprint density at radius 2 is 1.91 bits per heavy atom. The third kappa shape index (κ3) is 4.00. The summed E-state index contributed by atoms with van der Waals surface area (Å²) in [4.78, 5) is 25.1. The van der Waals surface area contributed by atoms with Crippen LogP contribution in [0, 0.1) is 24.1 Å². The van der Waals surface area contributed by atoms with Gasteiger partial charge in [-0.25, -0.2) is 9.37 Å². The number of hydrogen-bond donors (Lipinski definition) is 1. The molecule has 168 valence electrons. The highest BCUT2D eigenvalue weighted by Gasteiger charge is 2.26. The maximum absolute atomic E-state index is 14.5. The van der Waals surface area contributed by atoms with Crippen LogP contribution in [0.15, 0.2) is 41.3 Å². The first kappa shape index (κ1) is 21.3. The molecule has 7 nitrogen and oxygen atoms in total. The van der Waals surface area contributed by atoms with Crippen molar-refractivity contribution < 1.29 is 4.39 Å². The number of hydrogen-bond acceptors (Lipinski definition) is 6. The second kappa shape index (κ2) is 8.41. The van der Waals surface area contributed by atoms with Crippen molar-refractivity contribution >= 4 is 5.82 Å². The van der Waals surface area contributed by atoms with Crippen molar-refractivity contribution in [1.29, 1.82) is 5.26 Å². The molecule has 33 heavy (non-hydrogen) atoms. The number of rotatable bonds is 4. The van der Waals surface area contributed by atoms with E-state index in [2.05, 4.69) is 9.88 Å². The SMILES string of the molecule is Cc1c(N2CCC(N)CC2)nc(-c2ccc(C#N)c(F)c2)n(-c2ccc(C3CC3)nc2)c1=O. The standard InChI is InChI=1S/C25H25FN6O/c1-15-23(31-10-8-19(28)9-11-31)30-24(17-4-5-18(13-27)21(26)12-17)32(25(15)33)20-6-7-22(29-14-20)16-2-3-16/h4-7,12,14,16,19H,2-3,8-11,28H2,1H3. The topological polar surface area (TPSA) is 101 Å². The lowest BCUT2D eigenvalue weighted by Crippen LogP contribution is -2.41. The molecular weight excluding hydrogens is 419 g/mol. The van der Waals surface area contributed by atoms with Crippen molar-refractivity contribution in [1.82, 2.24) is 14.5 Å². The number of aromatic nitrogens is 3. The fourth-order valence-corrected chi connectivity index (χ4v) is 4.34. The summed E-state index contributed by atoms with van der Waals surface area (Å²) >= 11 is 0. The van der Waals surface area contributed by atoms with Crippen LogP contribution in [0.1, 0.15) is 48.4 Å². The first-order valence-corrected chi connectivity index (χ1v) is 11.3. The number of benzene rings is 1. The summed E-state index contributed by atoms with van der Waals surface area (Å²) in [7, 11) is 0. The number of anilines is 1. The summed E-state index contributed by atoms with van der Waals surface area (Å²) in [6.07, 6.45) is 5.59. The highest BCUT2D eigenvalue weighted by Crippen LogP contribution is 2.39. The van der Waals surface area contributed by atoms with Gasteiger partial charge >= 0.3 is 0 Å². The molecule has 5 rings (SSSR count). The summed E-state index contributed by atoms with van der Waals surface area (Å²) in [6.45, 7) is 3.18. The van der Waals surface area contributed by atoms with Gasteiger partial charge in [0, 0.05) is 36.3 Å². The lowest BCUT2D eigenvalue weighted by molar-refractivity contribution is 0.497. The number of halogens is 1. The van der Waals surface area contributed by atoms with Gasteiger partial charge in [-0.1, -0.05) is 0 Å². The monoisotopic (exact) mass is 444 g/mol. The molecule has 0 unspecified atom stereocenters. The minimum absolute atomic E-state index is 0.0551. The molecule has 0 bridgehead atoms. The van der Waals surface area contributed by atoms with Gasteiger partial charge in [0.15, 0.2) is 0 Å². The minimum Gasteiger partial charge on any atom is -0.356 e. The predicted octanol–water partition coefficient (Wildman–Crippen LogP) is 3.42. The van der Waals surface area contributed by atoms with Crippen molar-refractivity contribution in [3.63, 3.8) is 0 Å². The first-order valence-electron chi connectivity index (χ1n) is 11.3. The van der Waals surface area contributed by atoms with E-state index in [1.807, 2.05) is 18.2 Å². The Kier molecular flexibility index (Phi) is 5.43. The molecule has 0 amide bonds. The normalized spacial score (nSPS) is 16.6. The Bertz CT molecular complexity index is 1300.